The summed E-state index contributed by atoms with van der Waals surface area (Å²) < 4.78 is 0. The summed E-state index contributed by atoms with van der Waals surface area (Å²) in [6.07, 6.45) is 10.5. The van der Waals surface area contributed by atoms with E-state index in [1.165, 1.54) is 0 Å². The fourth-order valence-electron chi connectivity index (χ4n) is 1.89. The van der Waals surface area contributed by atoms with E-state index in [0.717, 1.165) is 28.7 Å². The molecule has 0 aromatic heterocycles. The molecule has 98 valence electrons. The molecule has 0 atom stereocenters. The predicted molar refractivity (Wildman–Crippen MR) is 80.5 cm³/mol. The number of carbonyl (C=O) groups is 1. The minimum absolute atomic E-state index is 0.107. The van der Waals surface area contributed by atoms with E-state index in [1.807, 2.05) is 52.8 Å². The zero-order valence-electron chi connectivity index (χ0n) is 12.2. The van der Waals surface area contributed by atoms with Gasteiger partial charge in [-0.1, -0.05) is 64.7 Å². The van der Waals surface area contributed by atoms with Gasteiger partial charge in [0.05, 0.1) is 0 Å². The molecule has 0 amide bonds. The van der Waals surface area contributed by atoms with Gasteiger partial charge < -0.3 is 0 Å². The molecule has 2 aliphatic carbocycles. The second-order valence-electron chi connectivity index (χ2n) is 3.43. The molecule has 0 bridgehead atoms. The second-order valence-corrected chi connectivity index (χ2v) is 3.43. The number of Topliss-reactive ketones (excluding diaryl/α,β-unsaturated/α-hetero) is 1. The van der Waals surface area contributed by atoms with E-state index in [1.54, 1.807) is 6.08 Å². The number of hydrogen-bond acceptors (Lipinski definition) is 1. The van der Waals surface area contributed by atoms with E-state index < -0.39 is 0 Å². The van der Waals surface area contributed by atoms with Crippen molar-refractivity contribution in [1.29, 1.82) is 0 Å². The van der Waals surface area contributed by atoms with Gasteiger partial charge in [0, 0.05) is 11.1 Å². The highest BCUT2D eigenvalue weighted by Gasteiger charge is 2.27. The van der Waals surface area contributed by atoms with E-state index in [9.17, 15) is 4.79 Å². The van der Waals surface area contributed by atoms with Crippen molar-refractivity contribution in [2.75, 3.05) is 0 Å². The normalized spacial score (nSPS) is 16.4. The summed E-state index contributed by atoms with van der Waals surface area (Å²) in [5, 5.41) is 0. The molecule has 2 aliphatic rings. The van der Waals surface area contributed by atoms with E-state index in [2.05, 4.69) is 12.7 Å². The summed E-state index contributed by atoms with van der Waals surface area (Å²) in [5.41, 5.74) is 3.69. The van der Waals surface area contributed by atoms with E-state index in [4.69, 9.17) is 0 Å². The highest BCUT2D eigenvalue weighted by Crippen LogP contribution is 2.34. The van der Waals surface area contributed by atoms with Gasteiger partial charge in [-0.2, -0.15) is 0 Å². The first-order chi connectivity index (χ1) is 8.75. The lowest BCUT2D eigenvalue weighted by Crippen LogP contribution is -1.97. The largest absolute Gasteiger partial charge is 0.289 e. The smallest absolute Gasteiger partial charge is 0.193 e. The quantitative estimate of drug-likeness (QED) is 0.638. The lowest BCUT2D eigenvalue weighted by atomic mass is 10.0. The lowest BCUT2D eigenvalue weighted by molar-refractivity contribution is -0.111. The SMILES string of the molecule is C=CC1=C(C)C2=CCC=CC=C2C1=O.CC.CC. The minimum atomic E-state index is 0.107. The van der Waals surface area contributed by atoms with Gasteiger partial charge in [-0.3, -0.25) is 4.79 Å². The van der Waals surface area contributed by atoms with Crippen molar-refractivity contribution in [1.82, 2.24) is 0 Å². The van der Waals surface area contributed by atoms with Gasteiger partial charge in [0.15, 0.2) is 5.78 Å². The van der Waals surface area contributed by atoms with Crippen LogP contribution >= 0.6 is 0 Å². The van der Waals surface area contributed by atoms with Crippen molar-refractivity contribution in [2.45, 2.75) is 41.0 Å². The minimum Gasteiger partial charge on any atom is -0.289 e. The monoisotopic (exact) mass is 244 g/mol. The number of ketones is 1. The molecule has 0 fully saturated rings. The number of rotatable bonds is 1. The molecule has 0 radical (unpaired) electrons. The first kappa shape index (κ1) is 16.4. The molecule has 0 heterocycles. The molecule has 0 aromatic rings. The number of carbonyl (C=O) groups excluding carboxylic acids is 1. The molecule has 0 unspecified atom stereocenters. The molecule has 0 N–H and O–H groups in total. The standard InChI is InChI=1S/C13H12O.2C2H6/c1-3-10-9(2)11-7-5-4-6-8-12(11)13(10)14;2*1-2/h3-4,6-8H,1,5H2,2H3;2*1-2H3. The average Bonchev–Trinajstić information content (AvgIpc) is 2.61. The third-order valence-electron chi connectivity index (χ3n) is 2.65. The van der Waals surface area contributed by atoms with Crippen LogP contribution in [0.4, 0.5) is 0 Å². The Balaban J connectivity index is 0.000000659. The summed E-state index contributed by atoms with van der Waals surface area (Å²) in [7, 11) is 0. The second kappa shape index (κ2) is 8.46. The molecule has 0 saturated carbocycles. The van der Waals surface area contributed by atoms with Gasteiger partial charge in [-0.15, -0.1) is 0 Å². The van der Waals surface area contributed by atoms with E-state index >= 15 is 0 Å². The van der Waals surface area contributed by atoms with Crippen molar-refractivity contribution in [3.63, 3.8) is 0 Å². The number of fused-ring (bicyclic) bond motifs is 1. The molecule has 0 aromatic carbocycles. The van der Waals surface area contributed by atoms with Crippen molar-refractivity contribution >= 4 is 5.78 Å². The van der Waals surface area contributed by atoms with Crippen molar-refractivity contribution in [3.05, 3.63) is 59.3 Å². The Morgan fingerprint density at radius 3 is 2.33 bits per heavy atom. The Bertz CT molecular complexity index is 429. The zero-order valence-corrected chi connectivity index (χ0v) is 12.2. The van der Waals surface area contributed by atoms with Crippen LogP contribution in [0.5, 0.6) is 0 Å². The van der Waals surface area contributed by atoms with Crippen LogP contribution in [0.2, 0.25) is 0 Å². The Labute approximate surface area is 111 Å². The highest BCUT2D eigenvalue weighted by atomic mass is 16.1. The van der Waals surface area contributed by atoms with E-state index in [0.29, 0.717) is 0 Å². The summed E-state index contributed by atoms with van der Waals surface area (Å²) in [5.74, 6) is 0.107. The first-order valence-corrected chi connectivity index (χ1v) is 6.71. The summed E-state index contributed by atoms with van der Waals surface area (Å²) in [6.45, 7) is 13.7. The first-order valence-electron chi connectivity index (χ1n) is 6.71. The predicted octanol–water partition coefficient (Wildman–Crippen LogP) is 4.94. The van der Waals surface area contributed by atoms with Crippen LogP contribution in [0.15, 0.2) is 59.3 Å². The van der Waals surface area contributed by atoms with Crippen molar-refractivity contribution in [3.8, 4) is 0 Å². The van der Waals surface area contributed by atoms with Gasteiger partial charge in [0.25, 0.3) is 0 Å². The molecular formula is C17H24O. The summed E-state index contributed by atoms with van der Waals surface area (Å²) in [4.78, 5) is 11.9. The summed E-state index contributed by atoms with van der Waals surface area (Å²) >= 11 is 0. The molecule has 0 saturated heterocycles. The third kappa shape index (κ3) is 3.19. The topological polar surface area (TPSA) is 17.1 Å². The maximum atomic E-state index is 11.9. The molecule has 1 heteroatoms. The number of allylic oxidation sites excluding steroid dienone is 9. The van der Waals surface area contributed by atoms with Crippen LogP contribution < -0.4 is 0 Å². The molecule has 1 nitrogen and oxygen atoms in total. The molecule has 2 rings (SSSR count). The lowest BCUT2D eigenvalue weighted by Gasteiger charge is -1.98. The van der Waals surface area contributed by atoms with Gasteiger partial charge in [0.2, 0.25) is 0 Å². The Hall–Kier alpha value is -1.63. The summed E-state index contributed by atoms with van der Waals surface area (Å²) in [6, 6.07) is 0. The molecule has 0 aliphatic heterocycles. The zero-order chi connectivity index (χ0) is 14.1. The van der Waals surface area contributed by atoms with Crippen LogP contribution in [0.25, 0.3) is 0 Å². The fraction of sp³-hybridized carbons (Fsp3) is 0.353. The van der Waals surface area contributed by atoms with E-state index in [-0.39, 0.29) is 5.78 Å². The molecule has 18 heavy (non-hydrogen) atoms. The molecule has 0 spiro atoms. The van der Waals surface area contributed by atoms with Crippen LogP contribution in [-0.2, 0) is 4.79 Å². The van der Waals surface area contributed by atoms with Crippen LogP contribution in [0.1, 0.15) is 41.0 Å². The van der Waals surface area contributed by atoms with Crippen molar-refractivity contribution in [2.24, 2.45) is 0 Å². The van der Waals surface area contributed by atoms with Crippen LogP contribution in [-0.4, -0.2) is 5.78 Å². The highest BCUT2D eigenvalue weighted by molar-refractivity contribution is 6.18. The Morgan fingerprint density at radius 2 is 1.78 bits per heavy atom. The van der Waals surface area contributed by atoms with Gasteiger partial charge in [-0.05, 0) is 24.5 Å². The average molecular weight is 244 g/mol. The maximum absolute atomic E-state index is 11.9. The van der Waals surface area contributed by atoms with Gasteiger partial charge in [0.1, 0.15) is 0 Å². The Morgan fingerprint density at radius 1 is 1.17 bits per heavy atom. The number of hydrogen-bond donors (Lipinski definition) is 0. The van der Waals surface area contributed by atoms with Gasteiger partial charge in [-0.25, -0.2) is 0 Å². The van der Waals surface area contributed by atoms with Crippen LogP contribution in [0, 0.1) is 0 Å². The third-order valence-corrected chi connectivity index (χ3v) is 2.65. The van der Waals surface area contributed by atoms with Crippen molar-refractivity contribution < 1.29 is 4.79 Å². The fourth-order valence-corrected chi connectivity index (χ4v) is 1.89. The maximum Gasteiger partial charge on any atom is 0.193 e. The van der Waals surface area contributed by atoms with Gasteiger partial charge >= 0.3 is 0 Å². The molecular weight excluding hydrogens is 220 g/mol. The van der Waals surface area contributed by atoms with Crippen LogP contribution in [0.3, 0.4) is 0 Å². The Kier molecular flexibility index (Phi) is 7.69.